The summed E-state index contributed by atoms with van der Waals surface area (Å²) in [7, 11) is 4.64. The Bertz CT molecular complexity index is 1170. The van der Waals surface area contributed by atoms with Crippen molar-refractivity contribution in [2.75, 3.05) is 13.7 Å². The zero-order valence-corrected chi connectivity index (χ0v) is 20.2. The molecule has 1 saturated carbocycles. The topological polar surface area (TPSA) is 120 Å². The van der Waals surface area contributed by atoms with E-state index in [9.17, 15) is 24.3 Å². The van der Waals surface area contributed by atoms with Crippen molar-refractivity contribution in [3.63, 3.8) is 0 Å². The molecule has 1 aliphatic rings. The molecule has 34 heavy (non-hydrogen) atoms. The molecule has 1 amide bonds. The Morgan fingerprint density at radius 2 is 1.74 bits per heavy atom. The van der Waals surface area contributed by atoms with Gasteiger partial charge in [0.1, 0.15) is 6.04 Å². The van der Waals surface area contributed by atoms with Crippen LogP contribution >= 0.6 is 0 Å². The second-order valence-corrected chi connectivity index (χ2v) is 9.16. The van der Waals surface area contributed by atoms with E-state index in [4.69, 9.17) is 4.74 Å². The van der Waals surface area contributed by atoms with Crippen molar-refractivity contribution in [3.05, 3.63) is 56.4 Å². The number of methoxy groups -OCH3 is 1. The summed E-state index contributed by atoms with van der Waals surface area (Å²) in [5.74, 6) is -1.32. The van der Waals surface area contributed by atoms with Gasteiger partial charge in [-0.1, -0.05) is 37.1 Å². The predicted molar refractivity (Wildman–Crippen MR) is 128 cm³/mol. The number of hydrogen-bond acceptors (Lipinski definition) is 5. The Labute approximate surface area is 198 Å². The standard InChI is InChI=1S/C25H33N3O6/c1-16-20(21(29)28(3)24(33)27(16)2)18-9-7-17(8-10-18)15-19(22(30)31)26-23(32)25(13-14-34-4)11-5-6-12-25/h7-10,19H,5-6,11-15H2,1-4H3,(H,26,32)(H,30,31). The molecule has 0 radical (unpaired) electrons. The monoisotopic (exact) mass is 471 g/mol. The van der Waals surface area contributed by atoms with Crippen molar-refractivity contribution in [2.45, 2.75) is 51.5 Å². The summed E-state index contributed by atoms with van der Waals surface area (Å²) in [6.45, 7) is 2.17. The summed E-state index contributed by atoms with van der Waals surface area (Å²) in [6.07, 6.45) is 4.05. The highest BCUT2D eigenvalue weighted by atomic mass is 16.5. The van der Waals surface area contributed by atoms with Gasteiger partial charge in [-0.05, 0) is 37.3 Å². The molecule has 1 aromatic heterocycles. The van der Waals surface area contributed by atoms with Crippen LogP contribution in [0.1, 0.15) is 43.4 Å². The number of carbonyl (C=O) groups excluding carboxylic acids is 1. The zero-order valence-electron chi connectivity index (χ0n) is 20.2. The molecule has 0 aliphatic heterocycles. The minimum Gasteiger partial charge on any atom is -0.480 e. The molecule has 9 heteroatoms. The largest absolute Gasteiger partial charge is 0.480 e. The Balaban J connectivity index is 1.81. The molecule has 1 aliphatic carbocycles. The van der Waals surface area contributed by atoms with Crippen LogP contribution in [-0.4, -0.2) is 45.9 Å². The smallest absolute Gasteiger partial charge is 0.330 e. The SMILES string of the molecule is COCCC1(C(=O)NC(Cc2ccc(-c3c(C)n(C)c(=O)n(C)c3=O)cc2)C(=O)O)CCCC1. The number of carboxylic acid groups (broad SMARTS) is 1. The van der Waals surface area contributed by atoms with Gasteiger partial charge in [0.25, 0.3) is 5.56 Å². The maximum atomic E-state index is 13.1. The lowest BCUT2D eigenvalue weighted by molar-refractivity contribution is -0.144. The maximum absolute atomic E-state index is 13.1. The van der Waals surface area contributed by atoms with Crippen LogP contribution in [0.5, 0.6) is 0 Å². The Hall–Kier alpha value is -3.20. The van der Waals surface area contributed by atoms with Crippen molar-refractivity contribution in [1.29, 1.82) is 0 Å². The molecule has 0 bridgehead atoms. The molecule has 1 atom stereocenters. The fourth-order valence-electron chi connectivity index (χ4n) is 4.77. The number of ether oxygens (including phenoxy) is 1. The Morgan fingerprint density at radius 1 is 1.12 bits per heavy atom. The van der Waals surface area contributed by atoms with Gasteiger partial charge in [0, 0.05) is 39.9 Å². The maximum Gasteiger partial charge on any atom is 0.330 e. The first kappa shape index (κ1) is 25.4. The van der Waals surface area contributed by atoms with Gasteiger partial charge in [-0.2, -0.15) is 0 Å². The van der Waals surface area contributed by atoms with E-state index in [0.717, 1.165) is 30.3 Å². The van der Waals surface area contributed by atoms with E-state index < -0.39 is 23.1 Å². The average Bonchev–Trinajstić information content (AvgIpc) is 3.31. The number of aromatic nitrogens is 2. The van der Waals surface area contributed by atoms with Crippen LogP contribution in [0.2, 0.25) is 0 Å². The van der Waals surface area contributed by atoms with Gasteiger partial charge in [0.15, 0.2) is 0 Å². The fourth-order valence-corrected chi connectivity index (χ4v) is 4.77. The average molecular weight is 472 g/mol. The van der Waals surface area contributed by atoms with E-state index in [0.29, 0.717) is 35.4 Å². The third kappa shape index (κ3) is 4.99. The summed E-state index contributed by atoms with van der Waals surface area (Å²) in [4.78, 5) is 49.8. The van der Waals surface area contributed by atoms with Crippen LogP contribution in [-0.2, 0) is 34.8 Å². The van der Waals surface area contributed by atoms with Gasteiger partial charge in [0.2, 0.25) is 5.91 Å². The number of aliphatic carboxylic acids is 1. The molecule has 184 valence electrons. The minimum absolute atomic E-state index is 0.117. The van der Waals surface area contributed by atoms with E-state index >= 15 is 0 Å². The van der Waals surface area contributed by atoms with E-state index in [1.165, 1.54) is 11.6 Å². The van der Waals surface area contributed by atoms with E-state index in [-0.39, 0.29) is 17.9 Å². The number of hydrogen-bond donors (Lipinski definition) is 2. The van der Waals surface area contributed by atoms with E-state index in [1.54, 1.807) is 45.3 Å². The lowest BCUT2D eigenvalue weighted by Crippen LogP contribution is -2.49. The number of nitrogens with zero attached hydrogens (tertiary/aromatic N) is 2. The Morgan fingerprint density at radius 3 is 2.29 bits per heavy atom. The summed E-state index contributed by atoms with van der Waals surface area (Å²) < 4.78 is 7.66. The van der Waals surface area contributed by atoms with Gasteiger partial charge < -0.3 is 19.7 Å². The second kappa shape index (κ2) is 10.4. The molecule has 2 aromatic rings. The molecule has 1 heterocycles. The lowest BCUT2D eigenvalue weighted by Gasteiger charge is -2.29. The van der Waals surface area contributed by atoms with Crippen molar-refractivity contribution in [1.82, 2.24) is 14.5 Å². The molecule has 0 saturated heterocycles. The number of benzene rings is 1. The first-order valence-electron chi connectivity index (χ1n) is 11.5. The molecule has 1 fully saturated rings. The Kier molecular flexibility index (Phi) is 7.76. The highest BCUT2D eigenvalue weighted by molar-refractivity contribution is 5.87. The number of amides is 1. The van der Waals surface area contributed by atoms with Gasteiger partial charge in [-0.25, -0.2) is 9.59 Å². The van der Waals surface area contributed by atoms with Crippen molar-refractivity contribution < 1.29 is 19.4 Å². The van der Waals surface area contributed by atoms with Crippen molar-refractivity contribution in [2.24, 2.45) is 19.5 Å². The van der Waals surface area contributed by atoms with E-state index in [2.05, 4.69) is 5.32 Å². The van der Waals surface area contributed by atoms with E-state index in [1.807, 2.05) is 0 Å². The van der Waals surface area contributed by atoms with Crippen LogP contribution in [0.15, 0.2) is 33.9 Å². The van der Waals surface area contributed by atoms with Gasteiger partial charge >= 0.3 is 11.7 Å². The summed E-state index contributed by atoms with van der Waals surface area (Å²) in [6, 6.07) is 5.91. The number of carboxylic acids is 1. The third-order valence-electron chi connectivity index (χ3n) is 7.07. The van der Waals surface area contributed by atoms with Crippen LogP contribution in [0.25, 0.3) is 11.1 Å². The van der Waals surface area contributed by atoms with Crippen LogP contribution in [0, 0.1) is 12.3 Å². The molecular weight excluding hydrogens is 438 g/mol. The molecule has 9 nitrogen and oxygen atoms in total. The van der Waals surface area contributed by atoms with Crippen molar-refractivity contribution in [3.8, 4) is 11.1 Å². The molecule has 3 rings (SSSR count). The minimum atomic E-state index is -1.10. The molecule has 1 unspecified atom stereocenters. The molecule has 0 spiro atoms. The summed E-state index contributed by atoms with van der Waals surface area (Å²) in [5.41, 5.74) is 0.963. The van der Waals surface area contributed by atoms with Gasteiger partial charge in [-0.15, -0.1) is 0 Å². The van der Waals surface area contributed by atoms with Gasteiger partial charge in [0.05, 0.1) is 11.0 Å². The first-order chi connectivity index (χ1) is 16.1. The van der Waals surface area contributed by atoms with Crippen molar-refractivity contribution >= 4 is 11.9 Å². The zero-order chi connectivity index (χ0) is 25.0. The molecule has 2 N–H and O–H groups in total. The fraction of sp³-hybridized carbons (Fsp3) is 0.520. The number of carbonyl (C=O) groups is 2. The molecule has 1 aromatic carbocycles. The normalized spacial score (nSPS) is 15.8. The first-order valence-corrected chi connectivity index (χ1v) is 11.5. The quantitative estimate of drug-likeness (QED) is 0.575. The predicted octanol–water partition coefficient (Wildman–Crippen LogP) is 1.77. The highest BCUT2D eigenvalue weighted by Gasteiger charge is 2.42. The second-order valence-electron chi connectivity index (χ2n) is 9.16. The third-order valence-corrected chi connectivity index (χ3v) is 7.07. The van der Waals surface area contributed by atoms with Gasteiger partial charge in [-0.3, -0.25) is 14.2 Å². The van der Waals surface area contributed by atoms with Crippen LogP contribution in [0.4, 0.5) is 0 Å². The lowest BCUT2D eigenvalue weighted by atomic mass is 9.81. The highest BCUT2D eigenvalue weighted by Crippen LogP contribution is 2.41. The summed E-state index contributed by atoms with van der Waals surface area (Å²) >= 11 is 0. The number of rotatable bonds is 9. The molecular formula is C25H33N3O6. The van der Waals surface area contributed by atoms with Crippen LogP contribution < -0.4 is 16.6 Å². The summed E-state index contributed by atoms with van der Waals surface area (Å²) in [5, 5.41) is 12.5. The number of nitrogens with one attached hydrogen (secondary N) is 1. The van der Waals surface area contributed by atoms with Crippen LogP contribution in [0.3, 0.4) is 0 Å².